The Morgan fingerprint density at radius 1 is 1.29 bits per heavy atom. The van der Waals surface area contributed by atoms with Crippen molar-refractivity contribution in [1.29, 1.82) is 0 Å². The molecule has 1 aliphatic rings. The lowest BCUT2D eigenvalue weighted by molar-refractivity contribution is 0.581. The summed E-state index contributed by atoms with van der Waals surface area (Å²) in [5.41, 5.74) is 6.61. The Hall–Kier alpha value is -1.14. The molecule has 0 radical (unpaired) electrons. The maximum Gasteiger partial charge on any atom is 0.153 e. The van der Waals surface area contributed by atoms with Gasteiger partial charge in [0.25, 0.3) is 0 Å². The molecule has 1 aliphatic heterocycles. The molecule has 2 rings (SSSR count). The van der Waals surface area contributed by atoms with E-state index in [4.69, 9.17) is 5.73 Å². The standard InChI is InChI=1S/C11H15FN2O2S/c12-10-7-9(8-13)1-2-11(10)14-3-5-17(15,16)6-4-14/h1-2,7H,3-6,8,13H2. The highest BCUT2D eigenvalue weighted by molar-refractivity contribution is 7.91. The second kappa shape index (κ2) is 4.62. The zero-order valence-electron chi connectivity index (χ0n) is 9.39. The van der Waals surface area contributed by atoms with Gasteiger partial charge in [-0.3, -0.25) is 0 Å². The molecule has 0 saturated carbocycles. The summed E-state index contributed by atoms with van der Waals surface area (Å²) in [5.74, 6) is -0.164. The van der Waals surface area contributed by atoms with Crippen molar-refractivity contribution in [1.82, 2.24) is 0 Å². The van der Waals surface area contributed by atoms with Crippen molar-refractivity contribution < 1.29 is 12.8 Å². The highest BCUT2D eigenvalue weighted by Gasteiger charge is 2.23. The maximum absolute atomic E-state index is 13.8. The smallest absolute Gasteiger partial charge is 0.153 e. The molecular weight excluding hydrogens is 243 g/mol. The minimum atomic E-state index is -2.93. The van der Waals surface area contributed by atoms with E-state index in [9.17, 15) is 12.8 Å². The van der Waals surface area contributed by atoms with Gasteiger partial charge in [-0.1, -0.05) is 6.07 Å². The van der Waals surface area contributed by atoms with Crippen LogP contribution in [-0.2, 0) is 16.4 Å². The number of anilines is 1. The first-order chi connectivity index (χ1) is 8.02. The van der Waals surface area contributed by atoms with E-state index >= 15 is 0 Å². The van der Waals surface area contributed by atoms with Crippen molar-refractivity contribution in [2.75, 3.05) is 29.5 Å². The molecule has 0 unspecified atom stereocenters. The van der Waals surface area contributed by atoms with Gasteiger partial charge in [0.15, 0.2) is 9.84 Å². The monoisotopic (exact) mass is 258 g/mol. The Kier molecular flexibility index (Phi) is 3.35. The normalized spacial score (nSPS) is 19.3. The van der Waals surface area contributed by atoms with Gasteiger partial charge in [-0.15, -0.1) is 0 Å². The molecule has 1 aromatic rings. The first-order valence-corrected chi connectivity index (χ1v) is 7.28. The lowest BCUT2D eigenvalue weighted by Gasteiger charge is -2.29. The van der Waals surface area contributed by atoms with Crippen LogP contribution in [0.4, 0.5) is 10.1 Å². The molecule has 1 saturated heterocycles. The number of sulfone groups is 1. The van der Waals surface area contributed by atoms with Crippen molar-refractivity contribution in [2.45, 2.75) is 6.54 Å². The lowest BCUT2D eigenvalue weighted by Crippen LogP contribution is -2.40. The number of rotatable bonds is 2. The van der Waals surface area contributed by atoms with Gasteiger partial charge in [0, 0.05) is 19.6 Å². The van der Waals surface area contributed by atoms with Crippen LogP contribution in [0.2, 0.25) is 0 Å². The Morgan fingerprint density at radius 2 is 1.94 bits per heavy atom. The molecule has 0 amide bonds. The molecule has 0 aliphatic carbocycles. The minimum Gasteiger partial charge on any atom is -0.367 e. The van der Waals surface area contributed by atoms with Crippen LogP contribution >= 0.6 is 0 Å². The molecule has 6 heteroatoms. The van der Waals surface area contributed by atoms with E-state index in [0.717, 1.165) is 5.56 Å². The third-order valence-corrected chi connectivity index (χ3v) is 4.54. The van der Waals surface area contributed by atoms with Crippen LogP contribution in [0.5, 0.6) is 0 Å². The predicted octanol–water partition coefficient (Wildman–Crippen LogP) is 0.519. The zero-order chi connectivity index (χ0) is 12.5. The summed E-state index contributed by atoms with van der Waals surface area (Å²) in [7, 11) is -2.93. The second-order valence-corrected chi connectivity index (χ2v) is 6.43. The van der Waals surface area contributed by atoms with E-state index in [2.05, 4.69) is 0 Å². The van der Waals surface area contributed by atoms with Crippen LogP contribution in [-0.4, -0.2) is 33.0 Å². The average molecular weight is 258 g/mol. The number of hydrogen-bond donors (Lipinski definition) is 1. The van der Waals surface area contributed by atoms with Gasteiger partial charge < -0.3 is 10.6 Å². The van der Waals surface area contributed by atoms with Crippen molar-refractivity contribution in [3.8, 4) is 0 Å². The summed E-state index contributed by atoms with van der Waals surface area (Å²) < 4.78 is 36.3. The second-order valence-electron chi connectivity index (χ2n) is 4.13. The molecule has 0 bridgehead atoms. The van der Waals surface area contributed by atoms with Gasteiger partial charge in [-0.05, 0) is 17.7 Å². The third-order valence-electron chi connectivity index (χ3n) is 2.93. The fourth-order valence-corrected chi connectivity index (χ4v) is 3.09. The third kappa shape index (κ3) is 2.76. The first-order valence-electron chi connectivity index (χ1n) is 5.46. The van der Waals surface area contributed by atoms with Gasteiger partial charge in [0.05, 0.1) is 17.2 Å². The maximum atomic E-state index is 13.8. The molecule has 17 heavy (non-hydrogen) atoms. The molecule has 2 N–H and O–H groups in total. The van der Waals surface area contributed by atoms with Crippen LogP contribution in [0.3, 0.4) is 0 Å². The number of halogens is 1. The van der Waals surface area contributed by atoms with Crippen molar-refractivity contribution in [3.63, 3.8) is 0 Å². The fraction of sp³-hybridized carbons (Fsp3) is 0.455. The summed E-state index contributed by atoms with van der Waals surface area (Å²) >= 11 is 0. The molecule has 4 nitrogen and oxygen atoms in total. The quantitative estimate of drug-likeness (QED) is 0.840. The molecule has 1 heterocycles. The molecule has 94 valence electrons. The molecule has 0 aromatic heterocycles. The fourth-order valence-electron chi connectivity index (χ4n) is 1.89. The highest BCUT2D eigenvalue weighted by Crippen LogP contribution is 2.22. The van der Waals surface area contributed by atoms with Crippen molar-refractivity contribution >= 4 is 15.5 Å². The van der Waals surface area contributed by atoms with Crippen molar-refractivity contribution in [2.24, 2.45) is 5.73 Å². The van der Waals surface area contributed by atoms with Crippen molar-refractivity contribution in [3.05, 3.63) is 29.6 Å². The Morgan fingerprint density at radius 3 is 2.47 bits per heavy atom. The topological polar surface area (TPSA) is 63.4 Å². The van der Waals surface area contributed by atoms with Gasteiger partial charge >= 0.3 is 0 Å². The average Bonchev–Trinajstić information content (AvgIpc) is 2.29. The molecule has 1 aromatic carbocycles. The Bertz CT molecular complexity index is 502. The summed E-state index contributed by atoms with van der Waals surface area (Å²) in [4.78, 5) is 1.76. The van der Waals surface area contributed by atoms with Gasteiger partial charge in [-0.25, -0.2) is 12.8 Å². The molecule has 0 spiro atoms. The summed E-state index contributed by atoms with van der Waals surface area (Å²) in [6, 6.07) is 4.83. The van der Waals surface area contributed by atoms with E-state index in [-0.39, 0.29) is 17.3 Å². The van der Waals surface area contributed by atoms with E-state index in [0.29, 0.717) is 25.3 Å². The number of benzene rings is 1. The largest absolute Gasteiger partial charge is 0.367 e. The van der Waals surface area contributed by atoms with Crippen LogP contribution in [0.25, 0.3) is 0 Å². The predicted molar refractivity (Wildman–Crippen MR) is 65.2 cm³/mol. The van der Waals surface area contributed by atoms with E-state index in [1.807, 2.05) is 0 Å². The lowest BCUT2D eigenvalue weighted by atomic mass is 10.2. The SMILES string of the molecule is NCc1ccc(N2CCS(=O)(=O)CC2)c(F)c1. The zero-order valence-corrected chi connectivity index (χ0v) is 10.2. The molecule has 1 fully saturated rings. The summed E-state index contributed by atoms with van der Waals surface area (Å²) in [6.07, 6.45) is 0. The Labute approximate surface area is 100 Å². The van der Waals surface area contributed by atoms with Crippen LogP contribution in [0.1, 0.15) is 5.56 Å². The molecule has 0 atom stereocenters. The van der Waals surface area contributed by atoms with E-state index < -0.39 is 9.84 Å². The number of nitrogens with zero attached hydrogens (tertiary/aromatic N) is 1. The highest BCUT2D eigenvalue weighted by atomic mass is 32.2. The van der Waals surface area contributed by atoms with Gasteiger partial charge in [-0.2, -0.15) is 0 Å². The molecular formula is C11H15FN2O2S. The van der Waals surface area contributed by atoms with E-state index in [1.165, 1.54) is 6.07 Å². The van der Waals surface area contributed by atoms with Crippen LogP contribution in [0, 0.1) is 5.82 Å². The minimum absolute atomic E-state index is 0.0884. The van der Waals surface area contributed by atoms with E-state index in [1.54, 1.807) is 17.0 Å². The first kappa shape index (κ1) is 12.3. The Balaban J connectivity index is 2.19. The number of hydrogen-bond acceptors (Lipinski definition) is 4. The van der Waals surface area contributed by atoms with Crippen LogP contribution < -0.4 is 10.6 Å². The number of nitrogens with two attached hydrogens (primary N) is 1. The summed E-state index contributed by atoms with van der Waals surface area (Å²) in [6.45, 7) is 0.994. The van der Waals surface area contributed by atoms with Crippen LogP contribution in [0.15, 0.2) is 18.2 Å². The van der Waals surface area contributed by atoms with Gasteiger partial charge in [0.1, 0.15) is 5.82 Å². The van der Waals surface area contributed by atoms with Gasteiger partial charge in [0.2, 0.25) is 0 Å². The summed E-state index contributed by atoms with van der Waals surface area (Å²) in [5, 5.41) is 0.